The molecule has 1 atom stereocenters. The maximum Gasteiger partial charge on any atom is 0.191 e. The van der Waals surface area contributed by atoms with Gasteiger partial charge in [0.25, 0.3) is 0 Å². The minimum Gasteiger partial charge on any atom is -0.384 e. The van der Waals surface area contributed by atoms with E-state index in [-0.39, 0.29) is 0 Å². The molecule has 1 unspecified atom stereocenters. The first-order valence-electron chi connectivity index (χ1n) is 8.87. The lowest BCUT2D eigenvalue weighted by molar-refractivity contribution is 0.0672. The van der Waals surface area contributed by atoms with Crippen molar-refractivity contribution in [1.82, 2.24) is 10.6 Å². The molecule has 0 saturated carbocycles. The average molecular weight is 339 g/mol. The molecule has 0 fully saturated rings. The molecule has 0 saturated heterocycles. The van der Waals surface area contributed by atoms with Gasteiger partial charge in [0.15, 0.2) is 5.96 Å². The van der Waals surface area contributed by atoms with Crippen molar-refractivity contribution in [3.8, 4) is 0 Å². The summed E-state index contributed by atoms with van der Waals surface area (Å²) in [5.74, 6) is 0.728. The summed E-state index contributed by atoms with van der Waals surface area (Å²) in [5, 5.41) is 17.2. The molecule has 134 valence electrons. The SMILES string of the molecule is CCNC(=NCC(C)(O)c1ccccc1)NCCc1ccc(C)cc1. The molecule has 4 nitrogen and oxygen atoms in total. The number of nitrogens with zero attached hydrogens (tertiary/aromatic N) is 1. The molecule has 0 bridgehead atoms. The lowest BCUT2D eigenvalue weighted by Gasteiger charge is -2.22. The number of nitrogens with one attached hydrogen (secondary N) is 2. The fraction of sp³-hybridized carbons (Fsp3) is 0.381. The minimum atomic E-state index is -0.986. The predicted octanol–water partition coefficient (Wildman–Crippen LogP) is 3.00. The molecule has 2 aromatic rings. The van der Waals surface area contributed by atoms with E-state index in [4.69, 9.17) is 0 Å². The smallest absolute Gasteiger partial charge is 0.191 e. The highest BCUT2D eigenvalue weighted by Gasteiger charge is 2.22. The third-order valence-electron chi connectivity index (χ3n) is 4.11. The van der Waals surface area contributed by atoms with Gasteiger partial charge in [-0.2, -0.15) is 0 Å². The maximum absolute atomic E-state index is 10.7. The van der Waals surface area contributed by atoms with Crippen LogP contribution in [0.25, 0.3) is 0 Å². The zero-order valence-corrected chi connectivity index (χ0v) is 15.4. The summed E-state index contributed by atoms with van der Waals surface area (Å²) in [4.78, 5) is 4.55. The Morgan fingerprint density at radius 3 is 2.36 bits per heavy atom. The van der Waals surface area contributed by atoms with Crippen LogP contribution < -0.4 is 10.6 Å². The van der Waals surface area contributed by atoms with Gasteiger partial charge in [0.05, 0.1) is 6.54 Å². The fourth-order valence-electron chi connectivity index (χ4n) is 2.54. The second-order valence-corrected chi connectivity index (χ2v) is 6.50. The third-order valence-corrected chi connectivity index (χ3v) is 4.11. The molecule has 0 aliphatic carbocycles. The Balaban J connectivity index is 1.92. The number of rotatable bonds is 7. The quantitative estimate of drug-likeness (QED) is 0.537. The van der Waals surface area contributed by atoms with Gasteiger partial charge in [-0.1, -0.05) is 60.2 Å². The van der Waals surface area contributed by atoms with Crippen molar-refractivity contribution in [2.24, 2.45) is 4.99 Å². The summed E-state index contributed by atoms with van der Waals surface area (Å²) in [5.41, 5.74) is 2.45. The standard InChI is InChI=1S/C21H29N3O/c1-4-22-20(23-15-14-18-12-10-17(2)11-13-18)24-16-21(3,25)19-8-6-5-7-9-19/h5-13,25H,4,14-16H2,1-3H3,(H2,22,23,24). The van der Waals surface area contributed by atoms with Gasteiger partial charge in [0.1, 0.15) is 5.60 Å². The molecule has 2 rings (SSSR count). The van der Waals surface area contributed by atoms with Gasteiger partial charge in [-0.15, -0.1) is 0 Å². The summed E-state index contributed by atoms with van der Waals surface area (Å²) in [7, 11) is 0. The summed E-state index contributed by atoms with van der Waals surface area (Å²) in [6.07, 6.45) is 0.930. The summed E-state index contributed by atoms with van der Waals surface area (Å²) < 4.78 is 0. The topological polar surface area (TPSA) is 56.7 Å². The fourth-order valence-corrected chi connectivity index (χ4v) is 2.54. The van der Waals surface area contributed by atoms with E-state index in [0.717, 1.165) is 31.0 Å². The van der Waals surface area contributed by atoms with E-state index < -0.39 is 5.60 Å². The highest BCUT2D eigenvalue weighted by Crippen LogP contribution is 2.20. The predicted molar refractivity (Wildman–Crippen MR) is 105 cm³/mol. The van der Waals surface area contributed by atoms with E-state index in [1.54, 1.807) is 6.92 Å². The van der Waals surface area contributed by atoms with Crippen LogP contribution in [0.4, 0.5) is 0 Å². The van der Waals surface area contributed by atoms with Crippen LogP contribution in [0.15, 0.2) is 59.6 Å². The van der Waals surface area contributed by atoms with E-state index in [9.17, 15) is 5.11 Å². The van der Waals surface area contributed by atoms with Gasteiger partial charge in [-0.25, -0.2) is 4.99 Å². The number of aliphatic hydroxyl groups is 1. The van der Waals surface area contributed by atoms with Crippen molar-refractivity contribution >= 4 is 5.96 Å². The van der Waals surface area contributed by atoms with E-state index in [1.807, 2.05) is 37.3 Å². The molecular weight excluding hydrogens is 310 g/mol. The zero-order chi connectivity index (χ0) is 18.1. The Morgan fingerprint density at radius 1 is 1.04 bits per heavy atom. The Morgan fingerprint density at radius 2 is 1.72 bits per heavy atom. The molecule has 0 aliphatic rings. The van der Waals surface area contributed by atoms with Crippen LogP contribution in [0.3, 0.4) is 0 Å². The van der Waals surface area contributed by atoms with Crippen molar-refractivity contribution in [2.75, 3.05) is 19.6 Å². The molecule has 4 heteroatoms. The van der Waals surface area contributed by atoms with Crippen molar-refractivity contribution in [1.29, 1.82) is 0 Å². The summed E-state index contributed by atoms with van der Waals surface area (Å²) in [6, 6.07) is 18.2. The number of hydrogen-bond acceptors (Lipinski definition) is 2. The monoisotopic (exact) mass is 339 g/mol. The van der Waals surface area contributed by atoms with E-state index >= 15 is 0 Å². The number of guanidine groups is 1. The van der Waals surface area contributed by atoms with Gasteiger partial charge >= 0.3 is 0 Å². The average Bonchev–Trinajstić information content (AvgIpc) is 2.62. The molecule has 0 aliphatic heterocycles. The first-order chi connectivity index (χ1) is 12.0. The maximum atomic E-state index is 10.7. The van der Waals surface area contributed by atoms with E-state index in [2.05, 4.69) is 46.8 Å². The molecule has 25 heavy (non-hydrogen) atoms. The number of hydrogen-bond donors (Lipinski definition) is 3. The van der Waals surface area contributed by atoms with Gasteiger partial charge in [-0.3, -0.25) is 0 Å². The molecule has 0 amide bonds. The number of benzene rings is 2. The Labute approximate surface area is 151 Å². The highest BCUT2D eigenvalue weighted by molar-refractivity contribution is 5.79. The van der Waals surface area contributed by atoms with Gasteiger partial charge in [0.2, 0.25) is 0 Å². The summed E-state index contributed by atoms with van der Waals surface area (Å²) >= 11 is 0. The van der Waals surface area contributed by atoms with Crippen molar-refractivity contribution < 1.29 is 5.11 Å². The zero-order valence-electron chi connectivity index (χ0n) is 15.4. The Kier molecular flexibility index (Phi) is 7.02. The van der Waals surface area contributed by atoms with Gasteiger partial charge in [-0.05, 0) is 38.3 Å². The Bertz CT molecular complexity index is 663. The van der Waals surface area contributed by atoms with E-state index in [1.165, 1.54) is 11.1 Å². The normalized spacial score (nSPS) is 14.0. The summed E-state index contributed by atoms with van der Waals surface area (Å²) in [6.45, 7) is 7.80. The van der Waals surface area contributed by atoms with Crippen LogP contribution in [-0.2, 0) is 12.0 Å². The molecular formula is C21H29N3O. The van der Waals surface area contributed by atoms with Crippen LogP contribution in [0.1, 0.15) is 30.5 Å². The van der Waals surface area contributed by atoms with Crippen LogP contribution in [0.5, 0.6) is 0 Å². The van der Waals surface area contributed by atoms with Crippen LogP contribution in [-0.4, -0.2) is 30.7 Å². The second-order valence-electron chi connectivity index (χ2n) is 6.50. The molecule has 0 aromatic heterocycles. The van der Waals surface area contributed by atoms with Crippen LogP contribution in [0.2, 0.25) is 0 Å². The van der Waals surface area contributed by atoms with E-state index in [0.29, 0.717) is 6.54 Å². The highest BCUT2D eigenvalue weighted by atomic mass is 16.3. The van der Waals surface area contributed by atoms with Crippen molar-refractivity contribution in [2.45, 2.75) is 32.8 Å². The number of aliphatic imine (C=N–C) groups is 1. The first kappa shape index (κ1) is 19.0. The van der Waals surface area contributed by atoms with Crippen molar-refractivity contribution in [3.63, 3.8) is 0 Å². The first-order valence-corrected chi connectivity index (χ1v) is 8.87. The largest absolute Gasteiger partial charge is 0.384 e. The van der Waals surface area contributed by atoms with Crippen molar-refractivity contribution in [3.05, 3.63) is 71.3 Å². The second kappa shape index (κ2) is 9.23. The third kappa shape index (κ3) is 6.24. The lowest BCUT2D eigenvalue weighted by atomic mass is 9.96. The molecule has 2 aromatic carbocycles. The molecule has 0 spiro atoms. The Hall–Kier alpha value is -2.33. The van der Waals surface area contributed by atoms with Gasteiger partial charge < -0.3 is 15.7 Å². The lowest BCUT2D eigenvalue weighted by Crippen LogP contribution is -2.39. The molecule has 0 radical (unpaired) electrons. The minimum absolute atomic E-state index is 0.302. The number of aryl methyl sites for hydroxylation is 1. The van der Waals surface area contributed by atoms with Crippen LogP contribution in [0, 0.1) is 6.92 Å². The molecule has 0 heterocycles. The van der Waals surface area contributed by atoms with Gasteiger partial charge in [0, 0.05) is 13.1 Å². The van der Waals surface area contributed by atoms with Crippen LogP contribution >= 0.6 is 0 Å². The molecule has 3 N–H and O–H groups in total.